The van der Waals surface area contributed by atoms with Crippen molar-refractivity contribution in [2.75, 3.05) is 0 Å². The molecule has 6 heterocycles. The lowest BCUT2D eigenvalue weighted by Crippen LogP contribution is -2.48. The Kier molecular flexibility index (Phi) is 46.0. The molecule has 0 aromatic carbocycles. The van der Waals surface area contributed by atoms with Crippen molar-refractivity contribution < 1.29 is 44.6 Å². The van der Waals surface area contributed by atoms with Gasteiger partial charge in [0.2, 0.25) is 0 Å². The van der Waals surface area contributed by atoms with Crippen molar-refractivity contribution in [2.24, 2.45) is 0 Å². The van der Waals surface area contributed by atoms with Crippen LogP contribution >= 0.6 is 22.7 Å². The third-order valence-electron chi connectivity index (χ3n) is 24.6. The second kappa shape index (κ2) is 54.5. The SMILES string of the molecule is CCCCCCCCCCCCCCCC[n+]1ccc(-c2sc(C)c(C3C(c4c(C)sc(-c5cc[n+](CCCCCCCCCCCCCCCC)cc5)c4-c4cc[n+](CCCCCCCCCCCCCCCC)cc4)C(F)(F)C(F)(F)C3(F)F)c2-c2cc[n+](CCCCCCCCCCCCCCCC)cc2)cc1. The van der Waals surface area contributed by atoms with Gasteiger partial charge in [0.15, 0.2) is 49.6 Å². The smallest absolute Gasteiger partial charge is 0.205 e. The summed E-state index contributed by atoms with van der Waals surface area (Å²) >= 11 is 2.51. The van der Waals surface area contributed by atoms with Crippen LogP contribution in [0.1, 0.15) is 420 Å². The molecule has 6 aromatic rings. The Balaban J connectivity index is 1.14. The van der Waals surface area contributed by atoms with Gasteiger partial charge in [0.25, 0.3) is 0 Å². The number of halogens is 6. The molecule has 6 aromatic heterocycles. The Bertz CT molecular complexity index is 3120. The van der Waals surface area contributed by atoms with Crippen LogP contribution in [-0.2, 0) is 26.2 Å². The molecule has 0 N–H and O–H groups in total. The van der Waals surface area contributed by atoms with E-state index in [0.717, 1.165) is 88.7 Å². The van der Waals surface area contributed by atoms with Crippen LogP contribution in [-0.4, -0.2) is 17.8 Å². The van der Waals surface area contributed by atoms with Crippen LogP contribution in [0.5, 0.6) is 0 Å². The minimum absolute atomic E-state index is 0.118. The lowest BCUT2D eigenvalue weighted by molar-refractivity contribution is -0.697. The molecule has 2 unspecified atom stereocenters. The third kappa shape index (κ3) is 31.5. The Hall–Kier alpha value is -4.42. The molecule has 1 fully saturated rings. The summed E-state index contributed by atoms with van der Waals surface area (Å²) in [6.45, 7) is 15.6. The van der Waals surface area contributed by atoms with Crippen molar-refractivity contribution in [2.45, 2.75) is 457 Å². The van der Waals surface area contributed by atoms with E-state index < -0.39 is 29.6 Å². The average molecular weight is 1580 g/mol. The minimum Gasteiger partial charge on any atom is -0.205 e. The summed E-state index contributed by atoms with van der Waals surface area (Å²) in [5, 5.41) is 0. The molecule has 1 saturated carbocycles. The number of hydrogen-bond acceptors (Lipinski definition) is 2. The van der Waals surface area contributed by atoms with Gasteiger partial charge in [-0.05, 0) is 61.8 Å². The van der Waals surface area contributed by atoms with Gasteiger partial charge in [-0.15, -0.1) is 22.7 Å². The van der Waals surface area contributed by atoms with Gasteiger partial charge in [-0.1, -0.05) is 336 Å². The lowest BCUT2D eigenvalue weighted by atomic mass is 9.76. The van der Waals surface area contributed by atoms with Gasteiger partial charge < -0.3 is 0 Å². The number of unbranched alkanes of at least 4 members (excludes halogenated alkanes) is 52. The van der Waals surface area contributed by atoms with Gasteiger partial charge in [-0.25, -0.2) is 18.3 Å². The fourth-order valence-corrected chi connectivity index (χ4v) is 20.0. The van der Waals surface area contributed by atoms with Crippen molar-refractivity contribution in [3.05, 3.63) is 119 Å². The molecule has 111 heavy (non-hydrogen) atoms. The van der Waals surface area contributed by atoms with E-state index in [-0.39, 0.29) is 11.1 Å². The zero-order valence-corrected chi connectivity index (χ0v) is 72.8. The molecule has 12 heteroatoms. The Morgan fingerprint density at radius 2 is 0.405 bits per heavy atom. The second-order valence-corrected chi connectivity index (χ2v) is 36.5. The number of thiophene rings is 2. The molecule has 7 rings (SSSR count). The quantitative estimate of drug-likeness (QED) is 0.0205. The number of rotatable bonds is 66. The first-order chi connectivity index (χ1) is 54.2. The molecule has 0 spiro atoms. The highest BCUT2D eigenvalue weighted by Crippen LogP contribution is 2.72. The molecule has 1 aliphatic rings. The normalized spacial score (nSPS) is 15.2. The third-order valence-corrected chi connectivity index (χ3v) is 26.9. The molecular formula is C99H156F6N4S2+4. The van der Waals surface area contributed by atoms with E-state index in [9.17, 15) is 0 Å². The first-order valence-electron chi connectivity index (χ1n) is 46.6. The molecule has 0 saturated heterocycles. The minimum atomic E-state index is -5.69. The summed E-state index contributed by atoms with van der Waals surface area (Å²) in [6.07, 6.45) is 87.3. The maximum atomic E-state index is 18.1. The molecule has 622 valence electrons. The van der Waals surface area contributed by atoms with Crippen LogP contribution in [0.3, 0.4) is 0 Å². The highest BCUT2D eigenvalue weighted by atomic mass is 32.1. The number of hydrogen-bond donors (Lipinski definition) is 0. The van der Waals surface area contributed by atoms with E-state index in [1.165, 1.54) is 331 Å². The molecule has 0 aliphatic heterocycles. The van der Waals surface area contributed by atoms with Crippen LogP contribution in [0.15, 0.2) is 98.1 Å². The van der Waals surface area contributed by atoms with Gasteiger partial charge in [0.1, 0.15) is 26.2 Å². The van der Waals surface area contributed by atoms with Crippen LogP contribution in [0.2, 0.25) is 0 Å². The first kappa shape index (κ1) is 93.7. The van der Waals surface area contributed by atoms with Gasteiger partial charge in [0.05, 0.1) is 11.8 Å². The van der Waals surface area contributed by atoms with Crippen molar-refractivity contribution in [1.29, 1.82) is 0 Å². The zero-order chi connectivity index (χ0) is 79.0. The maximum Gasteiger partial charge on any atom is 0.373 e. The van der Waals surface area contributed by atoms with Crippen molar-refractivity contribution in [3.63, 3.8) is 0 Å². The molecule has 0 radical (unpaired) electrons. The van der Waals surface area contributed by atoms with Crippen LogP contribution in [0, 0.1) is 13.8 Å². The summed E-state index contributed by atoms with van der Waals surface area (Å²) in [5.74, 6) is -21.2. The van der Waals surface area contributed by atoms with Crippen molar-refractivity contribution in [1.82, 2.24) is 0 Å². The van der Waals surface area contributed by atoms with Crippen molar-refractivity contribution in [3.8, 4) is 43.1 Å². The number of pyridine rings is 4. The van der Waals surface area contributed by atoms with Crippen LogP contribution in [0.4, 0.5) is 26.3 Å². The average Bonchev–Trinajstić information content (AvgIpc) is 1.51. The number of aryl methyl sites for hydroxylation is 6. The van der Waals surface area contributed by atoms with Gasteiger partial charge >= 0.3 is 17.8 Å². The van der Waals surface area contributed by atoms with E-state index in [1.807, 2.05) is 98.1 Å². The number of alkyl halides is 6. The first-order valence-corrected chi connectivity index (χ1v) is 48.2. The Morgan fingerprint density at radius 3 is 0.586 bits per heavy atom. The summed E-state index contributed by atoms with van der Waals surface area (Å²) in [6, 6.07) is 15.6. The predicted molar refractivity (Wildman–Crippen MR) is 462 cm³/mol. The summed E-state index contributed by atoms with van der Waals surface area (Å²) in [7, 11) is 0. The van der Waals surface area contributed by atoms with E-state index >= 15 is 26.3 Å². The molecule has 0 bridgehead atoms. The van der Waals surface area contributed by atoms with Crippen molar-refractivity contribution >= 4 is 22.7 Å². The summed E-state index contributed by atoms with van der Waals surface area (Å²) in [5.41, 5.74) is 3.01. The Morgan fingerprint density at radius 1 is 0.243 bits per heavy atom. The standard InChI is InChI=1S/C99H156F6N4S2/c1-7-11-15-19-23-27-31-35-39-43-47-51-55-59-71-106-75-63-85(64-76-106)91-89(83(5)110-95(91)87-67-79-108(80-68-87)73-61-57-53-49-45-41-37-33-29-25-21-17-13-9-3)93-94(98(102,103)99(104,105)97(93,100)101)90-84(6)111-96(88-69-81-109(82-70-88)74-62-58-54-50-46-42-38-34-30-26-22-18-14-10-4)92(90)86-65-77-107(78-66-86)72-60-56-52-48-44-40-36-32-28-24-20-16-12-8-2/h63-70,75-82,93-94H,7-62,71-74H2,1-6H3/q+4. The van der Waals surface area contributed by atoms with Gasteiger partial charge in [-0.3, -0.25) is 0 Å². The highest BCUT2D eigenvalue weighted by Gasteiger charge is 2.85. The van der Waals surface area contributed by atoms with Crippen LogP contribution in [0.25, 0.3) is 43.1 Å². The topological polar surface area (TPSA) is 15.5 Å². The van der Waals surface area contributed by atoms with E-state index in [2.05, 4.69) is 46.0 Å². The largest absolute Gasteiger partial charge is 0.373 e. The van der Waals surface area contributed by atoms with E-state index in [0.29, 0.717) is 41.8 Å². The lowest BCUT2D eigenvalue weighted by Gasteiger charge is -2.28. The second-order valence-electron chi connectivity index (χ2n) is 34.0. The van der Waals surface area contributed by atoms with Gasteiger partial charge in [0, 0.05) is 116 Å². The van der Waals surface area contributed by atoms with Crippen LogP contribution < -0.4 is 18.3 Å². The number of nitrogens with zero attached hydrogens (tertiary/aromatic N) is 4. The summed E-state index contributed by atoms with van der Waals surface area (Å²) < 4.78 is 115. The fourth-order valence-electron chi connectivity index (χ4n) is 17.6. The molecule has 2 atom stereocenters. The molecular weight excluding hydrogens is 1420 g/mol. The number of aromatic nitrogens is 4. The van der Waals surface area contributed by atoms with E-state index in [1.54, 1.807) is 13.8 Å². The molecule has 0 amide bonds. The van der Waals surface area contributed by atoms with Gasteiger partial charge in [-0.2, -0.15) is 26.3 Å². The fraction of sp³-hybridized carbons (Fsp3) is 0.717. The molecule has 4 nitrogen and oxygen atoms in total. The molecule has 1 aliphatic carbocycles. The Labute approximate surface area is 682 Å². The maximum absolute atomic E-state index is 18.1. The highest BCUT2D eigenvalue weighted by molar-refractivity contribution is 7.16. The summed E-state index contributed by atoms with van der Waals surface area (Å²) in [4.78, 5) is 1.91. The zero-order valence-electron chi connectivity index (χ0n) is 71.2. The predicted octanol–water partition coefficient (Wildman–Crippen LogP) is 32.0. The van der Waals surface area contributed by atoms with E-state index in [4.69, 9.17) is 0 Å². The monoisotopic (exact) mass is 1580 g/mol.